The molecule has 0 aliphatic carbocycles. The van der Waals surface area contributed by atoms with Crippen LogP contribution in [0.25, 0.3) is 0 Å². The smallest absolute Gasteiger partial charge is 0.330 e. The van der Waals surface area contributed by atoms with Crippen molar-refractivity contribution in [3.63, 3.8) is 0 Å². The molecular formula is C12H18O2. The topological polar surface area (TPSA) is 26.3 Å². The first-order valence-electron chi connectivity index (χ1n) is 4.97. The summed E-state index contributed by atoms with van der Waals surface area (Å²) in [6.45, 7) is 4.34. The van der Waals surface area contributed by atoms with Crippen molar-refractivity contribution < 1.29 is 9.53 Å². The molecule has 0 rings (SSSR count). The first-order valence-corrected chi connectivity index (χ1v) is 4.97. The summed E-state index contributed by atoms with van der Waals surface area (Å²) in [6, 6.07) is 0. The molecule has 2 heteroatoms. The van der Waals surface area contributed by atoms with Crippen LogP contribution in [0.3, 0.4) is 0 Å². The highest BCUT2D eigenvalue weighted by molar-refractivity contribution is 5.82. The summed E-state index contributed by atoms with van der Waals surface area (Å²) in [5.41, 5.74) is 0. The van der Waals surface area contributed by atoms with Gasteiger partial charge in [0.15, 0.2) is 0 Å². The molecule has 0 aromatic heterocycles. The van der Waals surface area contributed by atoms with Crippen molar-refractivity contribution in [2.24, 2.45) is 0 Å². The van der Waals surface area contributed by atoms with E-state index < -0.39 is 0 Å². The first kappa shape index (κ1) is 12.7. The zero-order valence-electron chi connectivity index (χ0n) is 8.90. The van der Waals surface area contributed by atoms with E-state index in [0.717, 1.165) is 12.8 Å². The maximum Gasteiger partial charge on any atom is 0.330 e. The van der Waals surface area contributed by atoms with Crippen LogP contribution in [0.2, 0.25) is 0 Å². The van der Waals surface area contributed by atoms with Gasteiger partial charge in [-0.2, -0.15) is 0 Å². The van der Waals surface area contributed by atoms with Gasteiger partial charge in [-0.3, -0.25) is 0 Å². The summed E-state index contributed by atoms with van der Waals surface area (Å²) in [7, 11) is 0. The van der Waals surface area contributed by atoms with Gasteiger partial charge in [0.2, 0.25) is 0 Å². The molecule has 2 nitrogen and oxygen atoms in total. The average molecular weight is 194 g/mol. The van der Waals surface area contributed by atoms with Crippen molar-refractivity contribution in [2.75, 3.05) is 6.61 Å². The third-order valence-corrected chi connectivity index (χ3v) is 1.44. The fourth-order valence-corrected chi connectivity index (χ4v) is 0.794. The number of hydrogen-bond donors (Lipinski definition) is 0. The first-order chi connectivity index (χ1) is 6.81. The van der Waals surface area contributed by atoms with Gasteiger partial charge in [0.05, 0.1) is 6.61 Å². The molecule has 0 unspecified atom stereocenters. The lowest BCUT2D eigenvalue weighted by atomic mass is 10.3. The Morgan fingerprint density at radius 1 is 1.14 bits per heavy atom. The van der Waals surface area contributed by atoms with E-state index in [0.29, 0.717) is 6.61 Å². The van der Waals surface area contributed by atoms with Gasteiger partial charge in [-0.1, -0.05) is 43.7 Å². The molecule has 78 valence electrons. The lowest BCUT2D eigenvalue weighted by molar-refractivity contribution is -0.137. The van der Waals surface area contributed by atoms with Crippen LogP contribution in [-0.2, 0) is 9.53 Å². The largest absolute Gasteiger partial charge is 0.463 e. The maximum absolute atomic E-state index is 10.8. The summed E-state index contributed by atoms with van der Waals surface area (Å²) < 4.78 is 4.71. The van der Waals surface area contributed by atoms with Crippen molar-refractivity contribution in [1.82, 2.24) is 0 Å². The third kappa shape index (κ3) is 8.78. The molecule has 0 atom stereocenters. The lowest BCUT2D eigenvalue weighted by Gasteiger charge is -1.92. The van der Waals surface area contributed by atoms with Crippen LogP contribution < -0.4 is 0 Å². The van der Waals surface area contributed by atoms with Crippen LogP contribution in [0, 0.1) is 0 Å². The van der Waals surface area contributed by atoms with Gasteiger partial charge in [0, 0.05) is 6.08 Å². The molecule has 0 amide bonds. The number of ether oxygens (including phenoxy) is 1. The highest BCUT2D eigenvalue weighted by Crippen LogP contribution is 1.89. The van der Waals surface area contributed by atoms with E-state index >= 15 is 0 Å². The van der Waals surface area contributed by atoms with Crippen LogP contribution in [0.5, 0.6) is 0 Å². The number of hydrogen-bond acceptors (Lipinski definition) is 2. The predicted octanol–water partition coefficient (Wildman–Crippen LogP) is 3.02. The Balaban J connectivity index is 3.64. The Hall–Kier alpha value is -1.31. The predicted molar refractivity (Wildman–Crippen MR) is 59.0 cm³/mol. The third-order valence-electron chi connectivity index (χ3n) is 1.44. The van der Waals surface area contributed by atoms with E-state index in [2.05, 4.69) is 13.0 Å². The second-order valence-corrected chi connectivity index (χ2v) is 2.71. The van der Waals surface area contributed by atoms with Crippen LogP contribution >= 0.6 is 0 Å². The van der Waals surface area contributed by atoms with Gasteiger partial charge >= 0.3 is 5.97 Å². The van der Waals surface area contributed by atoms with Gasteiger partial charge < -0.3 is 4.74 Å². The minimum Gasteiger partial charge on any atom is -0.463 e. The molecule has 0 N–H and O–H groups in total. The SMILES string of the molecule is CCC\C=C/C=C/C=C/C(=O)OCC. The molecule has 0 radical (unpaired) electrons. The zero-order chi connectivity index (χ0) is 10.6. The second-order valence-electron chi connectivity index (χ2n) is 2.71. The molecule has 0 saturated heterocycles. The van der Waals surface area contributed by atoms with E-state index in [9.17, 15) is 4.79 Å². The molecule has 0 bridgehead atoms. The number of rotatable bonds is 6. The van der Waals surface area contributed by atoms with Gasteiger partial charge in [-0.05, 0) is 13.3 Å². The standard InChI is InChI=1S/C12H18O2/c1-3-5-6-7-8-9-10-11-12(13)14-4-2/h6-11H,3-5H2,1-2H3/b7-6-,9-8+,11-10+. The molecule has 0 fully saturated rings. The zero-order valence-corrected chi connectivity index (χ0v) is 8.90. The van der Waals surface area contributed by atoms with Gasteiger partial charge in [0.1, 0.15) is 0 Å². The molecule has 0 aromatic carbocycles. The van der Waals surface area contributed by atoms with Crippen molar-refractivity contribution in [3.05, 3.63) is 36.5 Å². The molecule has 0 aliphatic heterocycles. The summed E-state index contributed by atoms with van der Waals surface area (Å²) in [6.07, 6.45) is 13.1. The van der Waals surface area contributed by atoms with Gasteiger partial charge in [-0.25, -0.2) is 4.79 Å². The van der Waals surface area contributed by atoms with Crippen molar-refractivity contribution >= 4 is 5.97 Å². The number of allylic oxidation sites excluding steroid dienone is 5. The Kier molecular flexibility index (Phi) is 8.86. The van der Waals surface area contributed by atoms with Crippen LogP contribution in [0.1, 0.15) is 26.7 Å². The van der Waals surface area contributed by atoms with E-state index in [4.69, 9.17) is 4.74 Å². The maximum atomic E-state index is 10.8. The summed E-state index contributed by atoms with van der Waals surface area (Å²) in [5, 5.41) is 0. The molecule has 0 aromatic rings. The molecule has 0 saturated carbocycles. The Bertz CT molecular complexity index is 224. The van der Waals surface area contributed by atoms with E-state index in [-0.39, 0.29) is 5.97 Å². The highest BCUT2D eigenvalue weighted by atomic mass is 16.5. The Labute approximate surface area is 86.0 Å². The highest BCUT2D eigenvalue weighted by Gasteiger charge is 1.89. The Morgan fingerprint density at radius 3 is 2.50 bits per heavy atom. The fourth-order valence-electron chi connectivity index (χ4n) is 0.794. The fraction of sp³-hybridized carbons (Fsp3) is 0.417. The Morgan fingerprint density at radius 2 is 1.86 bits per heavy atom. The van der Waals surface area contributed by atoms with Crippen LogP contribution in [-0.4, -0.2) is 12.6 Å². The minimum atomic E-state index is -0.297. The molecular weight excluding hydrogens is 176 g/mol. The minimum absolute atomic E-state index is 0.297. The number of carbonyl (C=O) groups excluding carboxylic acids is 1. The quantitative estimate of drug-likeness (QED) is 0.369. The second kappa shape index (κ2) is 9.78. The van der Waals surface area contributed by atoms with Gasteiger partial charge in [0.25, 0.3) is 0 Å². The molecule has 0 aliphatic rings. The summed E-state index contributed by atoms with van der Waals surface area (Å²) >= 11 is 0. The van der Waals surface area contributed by atoms with Crippen molar-refractivity contribution in [2.45, 2.75) is 26.7 Å². The van der Waals surface area contributed by atoms with Crippen LogP contribution in [0.4, 0.5) is 0 Å². The van der Waals surface area contributed by atoms with Crippen molar-refractivity contribution in [1.29, 1.82) is 0 Å². The normalized spacial score (nSPS) is 11.9. The molecule has 0 heterocycles. The number of unbranched alkanes of at least 4 members (excludes halogenated alkanes) is 1. The van der Waals surface area contributed by atoms with E-state index in [1.807, 2.05) is 18.2 Å². The molecule has 14 heavy (non-hydrogen) atoms. The molecule has 0 spiro atoms. The number of carbonyl (C=O) groups is 1. The van der Waals surface area contributed by atoms with E-state index in [1.165, 1.54) is 6.08 Å². The van der Waals surface area contributed by atoms with Crippen LogP contribution in [0.15, 0.2) is 36.5 Å². The summed E-state index contributed by atoms with van der Waals surface area (Å²) in [4.78, 5) is 10.8. The van der Waals surface area contributed by atoms with E-state index in [1.54, 1.807) is 13.0 Å². The number of esters is 1. The summed E-state index contributed by atoms with van der Waals surface area (Å²) in [5.74, 6) is -0.297. The lowest BCUT2D eigenvalue weighted by Crippen LogP contribution is -1.98. The monoisotopic (exact) mass is 194 g/mol. The van der Waals surface area contributed by atoms with Crippen molar-refractivity contribution in [3.8, 4) is 0 Å². The average Bonchev–Trinajstić information content (AvgIpc) is 2.17. The van der Waals surface area contributed by atoms with Gasteiger partial charge in [-0.15, -0.1) is 0 Å².